The minimum absolute atomic E-state index is 0.0856. The number of thiocarbonyl (C=S) groups is 1. The Balaban J connectivity index is 2.03. The fraction of sp³-hybridized carbons (Fsp3) is 0.867. The van der Waals surface area contributed by atoms with Crippen molar-refractivity contribution in [3.63, 3.8) is 0 Å². The lowest BCUT2D eigenvalue weighted by Crippen LogP contribution is -2.52. The summed E-state index contributed by atoms with van der Waals surface area (Å²) in [6.45, 7) is 4.53. The normalized spacial score (nSPS) is 28.8. The molecule has 0 aromatic carbocycles. The van der Waals surface area contributed by atoms with Crippen LogP contribution in [0.4, 0.5) is 0 Å². The van der Waals surface area contributed by atoms with Gasteiger partial charge in [0.15, 0.2) is 0 Å². The summed E-state index contributed by atoms with van der Waals surface area (Å²) >= 11 is 5.21. The van der Waals surface area contributed by atoms with Crippen LogP contribution in [0.3, 0.4) is 0 Å². The molecule has 2 rings (SSSR count). The van der Waals surface area contributed by atoms with Crippen molar-refractivity contribution in [1.29, 1.82) is 0 Å². The molecule has 2 aliphatic carbocycles. The highest BCUT2D eigenvalue weighted by molar-refractivity contribution is 7.80. The molecule has 108 valence electrons. The van der Waals surface area contributed by atoms with Crippen molar-refractivity contribution in [2.75, 3.05) is 0 Å². The van der Waals surface area contributed by atoms with E-state index in [1.54, 1.807) is 0 Å². The van der Waals surface area contributed by atoms with Crippen molar-refractivity contribution in [2.45, 2.75) is 71.3 Å². The summed E-state index contributed by atoms with van der Waals surface area (Å²) in [5.41, 5.74) is 5.68. The molecule has 2 fully saturated rings. The first kappa shape index (κ1) is 14.8. The lowest BCUT2D eigenvalue weighted by atomic mass is 9.73. The minimum Gasteiger partial charge on any atom is -0.392 e. The van der Waals surface area contributed by atoms with Gasteiger partial charge in [0, 0.05) is 6.04 Å². The first-order valence-electron chi connectivity index (χ1n) is 7.47. The van der Waals surface area contributed by atoms with Gasteiger partial charge in [-0.15, -0.1) is 0 Å². The van der Waals surface area contributed by atoms with Crippen LogP contribution in [0.2, 0.25) is 0 Å². The summed E-state index contributed by atoms with van der Waals surface area (Å²) in [5, 5.41) is 3.22. The van der Waals surface area contributed by atoms with E-state index < -0.39 is 5.41 Å². The fourth-order valence-electron chi connectivity index (χ4n) is 3.62. The topological polar surface area (TPSA) is 55.1 Å². The average molecular weight is 282 g/mol. The zero-order valence-electron chi connectivity index (χ0n) is 12.1. The molecule has 1 unspecified atom stereocenters. The van der Waals surface area contributed by atoms with Crippen LogP contribution in [0, 0.1) is 10.8 Å². The van der Waals surface area contributed by atoms with E-state index in [1.165, 1.54) is 12.8 Å². The number of carbonyl (C=O) groups is 1. The van der Waals surface area contributed by atoms with E-state index in [1.807, 2.05) is 0 Å². The van der Waals surface area contributed by atoms with Gasteiger partial charge in [0.2, 0.25) is 5.91 Å². The van der Waals surface area contributed by atoms with Gasteiger partial charge >= 0.3 is 0 Å². The average Bonchev–Trinajstić information content (AvgIpc) is 2.69. The SMILES string of the molecule is CC1(C)CCC(NC(=O)C2(C(N)=S)CCCCC2)C1. The number of carbonyl (C=O) groups excluding carboxylic acids is 1. The maximum absolute atomic E-state index is 12.6. The van der Waals surface area contributed by atoms with Gasteiger partial charge in [-0.05, 0) is 37.5 Å². The molecular weight excluding hydrogens is 256 g/mol. The number of nitrogens with one attached hydrogen (secondary N) is 1. The van der Waals surface area contributed by atoms with Crippen molar-refractivity contribution in [3.05, 3.63) is 0 Å². The molecule has 0 aromatic heterocycles. The highest BCUT2D eigenvalue weighted by Gasteiger charge is 2.44. The van der Waals surface area contributed by atoms with Crippen molar-refractivity contribution >= 4 is 23.1 Å². The van der Waals surface area contributed by atoms with Crippen molar-refractivity contribution < 1.29 is 4.79 Å². The Kier molecular flexibility index (Phi) is 4.19. The van der Waals surface area contributed by atoms with E-state index in [0.717, 1.165) is 38.5 Å². The number of amides is 1. The van der Waals surface area contributed by atoms with Crippen molar-refractivity contribution in [2.24, 2.45) is 16.6 Å². The third-order valence-corrected chi connectivity index (χ3v) is 5.31. The highest BCUT2D eigenvalue weighted by atomic mass is 32.1. The van der Waals surface area contributed by atoms with E-state index in [9.17, 15) is 4.79 Å². The van der Waals surface area contributed by atoms with Gasteiger partial charge < -0.3 is 11.1 Å². The van der Waals surface area contributed by atoms with Crippen LogP contribution in [0.15, 0.2) is 0 Å². The van der Waals surface area contributed by atoms with E-state index in [-0.39, 0.29) is 5.91 Å². The minimum atomic E-state index is -0.569. The van der Waals surface area contributed by atoms with E-state index in [2.05, 4.69) is 19.2 Å². The molecule has 0 bridgehead atoms. The summed E-state index contributed by atoms with van der Waals surface area (Å²) in [6, 6.07) is 0.302. The third kappa shape index (κ3) is 3.10. The first-order valence-corrected chi connectivity index (χ1v) is 7.87. The summed E-state index contributed by atoms with van der Waals surface area (Å²) in [5.74, 6) is 0.0856. The molecule has 2 saturated carbocycles. The van der Waals surface area contributed by atoms with Gasteiger partial charge in [-0.2, -0.15) is 0 Å². The molecule has 1 atom stereocenters. The fourth-order valence-corrected chi connectivity index (χ4v) is 3.92. The number of hydrogen-bond acceptors (Lipinski definition) is 2. The zero-order valence-corrected chi connectivity index (χ0v) is 12.9. The van der Waals surface area contributed by atoms with Crippen LogP contribution >= 0.6 is 12.2 Å². The molecule has 3 N–H and O–H groups in total. The highest BCUT2D eigenvalue weighted by Crippen LogP contribution is 2.40. The maximum Gasteiger partial charge on any atom is 0.233 e. The number of hydrogen-bond donors (Lipinski definition) is 2. The molecule has 2 aliphatic rings. The lowest BCUT2D eigenvalue weighted by molar-refractivity contribution is -0.129. The van der Waals surface area contributed by atoms with Gasteiger partial charge in [0.1, 0.15) is 0 Å². The largest absolute Gasteiger partial charge is 0.392 e. The number of nitrogens with two attached hydrogens (primary N) is 1. The van der Waals surface area contributed by atoms with Gasteiger partial charge in [-0.3, -0.25) is 4.79 Å². The molecule has 0 aliphatic heterocycles. The van der Waals surface area contributed by atoms with Crippen molar-refractivity contribution in [1.82, 2.24) is 5.32 Å². The predicted molar refractivity (Wildman–Crippen MR) is 81.9 cm³/mol. The molecule has 0 radical (unpaired) electrons. The molecule has 0 saturated heterocycles. The molecule has 3 nitrogen and oxygen atoms in total. The molecule has 0 spiro atoms. The smallest absolute Gasteiger partial charge is 0.233 e. The van der Waals surface area contributed by atoms with Crippen LogP contribution in [0.25, 0.3) is 0 Å². The van der Waals surface area contributed by atoms with E-state index in [0.29, 0.717) is 16.4 Å². The van der Waals surface area contributed by atoms with Crippen LogP contribution in [0.5, 0.6) is 0 Å². The summed E-state index contributed by atoms with van der Waals surface area (Å²) < 4.78 is 0. The monoisotopic (exact) mass is 282 g/mol. The molecular formula is C15H26N2OS. The standard InChI is InChI=1S/C15H26N2OS/c1-14(2)9-6-11(10-14)17-13(18)15(12(16)19)7-4-3-5-8-15/h11H,3-10H2,1-2H3,(H2,16,19)(H,17,18). The number of rotatable bonds is 3. The second-order valence-electron chi connectivity index (χ2n) is 7.08. The second-order valence-corrected chi connectivity index (χ2v) is 7.52. The zero-order chi connectivity index (χ0) is 14.1. The van der Waals surface area contributed by atoms with Crippen molar-refractivity contribution in [3.8, 4) is 0 Å². The molecule has 4 heteroatoms. The second kappa shape index (κ2) is 5.39. The molecule has 19 heavy (non-hydrogen) atoms. The summed E-state index contributed by atoms with van der Waals surface area (Å²) in [7, 11) is 0. The van der Waals surface area contributed by atoms with Crippen LogP contribution < -0.4 is 11.1 Å². The Hall–Kier alpha value is -0.640. The predicted octanol–water partition coefficient (Wildman–Crippen LogP) is 2.92. The Morgan fingerprint density at radius 3 is 2.32 bits per heavy atom. The van der Waals surface area contributed by atoms with E-state index >= 15 is 0 Å². The van der Waals surface area contributed by atoms with E-state index in [4.69, 9.17) is 18.0 Å². The molecule has 0 aromatic rings. The molecule has 1 amide bonds. The first-order chi connectivity index (χ1) is 8.86. The Labute approximate surface area is 121 Å². The maximum atomic E-state index is 12.6. The van der Waals surface area contributed by atoms with Crippen LogP contribution in [-0.2, 0) is 4.79 Å². The molecule has 0 heterocycles. The van der Waals surface area contributed by atoms with Gasteiger partial charge in [-0.1, -0.05) is 45.3 Å². The summed E-state index contributed by atoms with van der Waals surface area (Å²) in [6.07, 6.45) is 8.26. The Morgan fingerprint density at radius 2 is 1.84 bits per heavy atom. The van der Waals surface area contributed by atoms with Crippen LogP contribution in [-0.4, -0.2) is 16.9 Å². The Morgan fingerprint density at radius 1 is 1.21 bits per heavy atom. The lowest BCUT2D eigenvalue weighted by Gasteiger charge is -2.35. The van der Waals surface area contributed by atoms with Gasteiger partial charge in [0.25, 0.3) is 0 Å². The van der Waals surface area contributed by atoms with Gasteiger partial charge in [0.05, 0.1) is 10.4 Å². The Bertz CT molecular complexity index is 372. The third-order valence-electron chi connectivity index (χ3n) is 4.92. The van der Waals surface area contributed by atoms with Gasteiger partial charge in [-0.25, -0.2) is 0 Å². The quantitative estimate of drug-likeness (QED) is 0.783. The summed E-state index contributed by atoms with van der Waals surface area (Å²) in [4.78, 5) is 13.0. The van der Waals surface area contributed by atoms with Crippen LogP contribution in [0.1, 0.15) is 65.2 Å².